The Morgan fingerprint density at radius 3 is 0.646 bits per heavy atom. The minimum absolute atomic E-state index is 0.0590. The highest BCUT2D eigenvalue weighted by Gasteiger charge is 2.23. The Morgan fingerprint density at radius 1 is 0.278 bits per heavy atom. The number of hydrogen-bond acceptors (Lipinski definition) is 10. The van der Waals surface area contributed by atoms with Gasteiger partial charge in [-0.25, -0.2) is 0 Å². The molecule has 0 spiro atoms. The largest absolute Gasteiger partial charge is 0.332 e. The number of hydrogen-bond donors (Lipinski definition) is 2. The highest BCUT2D eigenvalue weighted by molar-refractivity contribution is 9.09. The predicted molar refractivity (Wildman–Crippen MR) is 351 cm³/mol. The molecule has 79 heavy (non-hydrogen) atoms. The predicted octanol–water partition coefficient (Wildman–Crippen LogP) is 24.1. The first-order valence-corrected chi connectivity index (χ1v) is 40.7. The van der Waals surface area contributed by atoms with Crippen LogP contribution in [0.3, 0.4) is 0 Å². The van der Waals surface area contributed by atoms with Crippen LogP contribution in [0.25, 0.3) is 0 Å². The number of rotatable bonds is 57. The molecule has 0 unspecified atom stereocenters. The zero-order chi connectivity index (χ0) is 60.1. The third-order valence-corrected chi connectivity index (χ3v) is 20.1. The molecule has 12 nitrogen and oxygen atoms in total. The second kappa shape index (κ2) is 75.3. The lowest BCUT2D eigenvalue weighted by Gasteiger charge is -2.16. The Labute approximate surface area is 502 Å². The lowest BCUT2D eigenvalue weighted by molar-refractivity contribution is 0.176. The summed E-state index contributed by atoms with van der Waals surface area (Å²) in [6, 6.07) is 0. The van der Waals surface area contributed by atoms with Crippen LogP contribution < -0.4 is 0 Å². The monoisotopic (exact) mass is 1280 g/mol. The van der Waals surface area contributed by atoms with Gasteiger partial charge in [0.25, 0.3) is 0 Å². The molecule has 0 aliphatic heterocycles. The Balaban J connectivity index is -0.000000295. The molecule has 0 saturated carbocycles. The topological polar surface area (TPSA) is 156 Å². The van der Waals surface area contributed by atoms with Crippen molar-refractivity contribution >= 4 is 47.3 Å². The van der Waals surface area contributed by atoms with Crippen LogP contribution in [0.2, 0.25) is 0 Å². The zero-order valence-corrected chi connectivity index (χ0v) is 59.4. The average molecular weight is 1280 g/mol. The second-order valence-electron chi connectivity index (χ2n) is 20.6. The molecule has 0 amide bonds. The number of halogens is 1. The molecule has 0 saturated heterocycles. The molecule has 0 aliphatic rings. The lowest BCUT2D eigenvalue weighted by Crippen LogP contribution is -2.00. The van der Waals surface area contributed by atoms with Crippen LogP contribution in [-0.2, 0) is 45.4 Å². The summed E-state index contributed by atoms with van der Waals surface area (Å²) in [7, 11) is -10.4. The van der Waals surface area contributed by atoms with Gasteiger partial charge in [-0.3, -0.25) is 13.7 Å². The molecule has 17 heteroatoms. The van der Waals surface area contributed by atoms with E-state index in [1.807, 2.05) is 48.5 Å². The van der Waals surface area contributed by atoms with Crippen molar-refractivity contribution in [2.24, 2.45) is 0 Å². The van der Waals surface area contributed by atoms with Gasteiger partial charge in [0.15, 0.2) is 0 Å². The van der Waals surface area contributed by atoms with Gasteiger partial charge in [0.05, 0.1) is 58.6 Å². The van der Waals surface area contributed by atoms with E-state index >= 15 is 0 Å². The third kappa shape index (κ3) is 83.5. The van der Waals surface area contributed by atoms with E-state index in [2.05, 4.69) is 43.6 Å². The quantitative estimate of drug-likeness (QED) is 0.0338. The van der Waals surface area contributed by atoms with E-state index in [4.69, 9.17) is 41.5 Å². The summed E-state index contributed by atoms with van der Waals surface area (Å²) in [4.78, 5) is 17.3. The first-order chi connectivity index (χ1) is 38.2. The van der Waals surface area contributed by atoms with Crippen LogP contribution in [0.5, 0.6) is 0 Å². The van der Waals surface area contributed by atoms with E-state index in [0.717, 1.165) is 38.5 Å². The van der Waals surface area contributed by atoms with Crippen LogP contribution in [0.1, 0.15) is 333 Å². The van der Waals surface area contributed by atoms with Gasteiger partial charge in [-0.1, -0.05) is 275 Å². The van der Waals surface area contributed by atoms with Gasteiger partial charge in [-0.05, 0) is 74.1 Å². The summed E-state index contributed by atoms with van der Waals surface area (Å²) >= 11 is 3.46. The summed E-state index contributed by atoms with van der Waals surface area (Å²) < 4.78 is 71.5. The summed E-state index contributed by atoms with van der Waals surface area (Å²) in [5.74, 6) is 0. The number of alkyl halides is 1. The minimum atomic E-state index is -3.74. The average Bonchev–Trinajstić information content (AvgIpc) is 3.41. The van der Waals surface area contributed by atoms with Gasteiger partial charge in [0.1, 0.15) is 0 Å². The second-order valence-corrected chi connectivity index (χ2v) is 28.8. The fourth-order valence-corrected chi connectivity index (χ4v) is 13.9. The van der Waals surface area contributed by atoms with Crippen LogP contribution in [0, 0.1) is 0 Å². The molecule has 0 radical (unpaired) electrons. The molecule has 0 aliphatic carbocycles. The van der Waals surface area contributed by atoms with Crippen molar-refractivity contribution in [3.63, 3.8) is 0 Å². The first-order valence-electron chi connectivity index (χ1n) is 33.2. The highest BCUT2D eigenvalue weighted by atomic mass is 79.9. The molecule has 0 heterocycles. The Hall–Kier alpha value is 1.24. The van der Waals surface area contributed by atoms with Crippen molar-refractivity contribution in [3.8, 4) is 0 Å². The maximum atomic E-state index is 12.2. The van der Waals surface area contributed by atoms with E-state index < -0.39 is 31.4 Å². The van der Waals surface area contributed by atoms with Gasteiger partial charge < -0.3 is 41.5 Å². The van der Waals surface area contributed by atoms with E-state index in [9.17, 15) is 13.7 Å². The maximum absolute atomic E-state index is 12.2. The van der Waals surface area contributed by atoms with Crippen molar-refractivity contribution in [1.82, 2.24) is 0 Å². The molecule has 0 aromatic rings. The van der Waals surface area contributed by atoms with Crippen LogP contribution >= 0.6 is 47.3 Å². The molecule has 0 bridgehead atoms. The summed E-state index contributed by atoms with van der Waals surface area (Å²) in [6.45, 7) is 26.0. The van der Waals surface area contributed by atoms with E-state index in [1.54, 1.807) is 0 Å². The van der Waals surface area contributed by atoms with Crippen molar-refractivity contribution in [2.45, 2.75) is 333 Å². The normalized spacial score (nSPS) is 11.6. The zero-order valence-electron chi connectivity index (χ0n) is 54.2. The smallest absolute Gasteiger partial charge is 0.324 e. The molecule has 0 fully saturated rings. The minimum Gasteiger partial charge on any atom is -0.324 e. The number of unbranched alkanes of at least 4 members (excludes halogenated alkanes) is 36. The van der Waals surface area contributed by atoms with Crippen LogP contribution in [0.15, 0.2) is 0 Å². The van der Waals surface area contributed by atoms with Crippen molar-refractivity contribution < 1.29 is 55.1 Å². The van der Waals surface area contributed by atoms with Gasteiger partial charge >= 0.3 is 31.4 Å². The summed E-state index contributed by atoms with van der Waals surface area (Å²) in [5, 5.41) is 1.18. The maximum Gasteiger partial charge on any atom is 0.332 e. The van der Waals surface area contributed by atoms with Crippen molar-refractivity contribution in [1.29, 1.82) is 0 Å². The Morgan fingerprint density at radius 2 is 0.468 bits per heavy atom. The van der Waals surface area contributed by atoms with Gasteiger partial charge in [-0.2, -0.15) is 0 Å². The third-order valence-electron chi connectivity index (χ3n) is 12.9. The standard InChI is InChI=1S/2C16H35O3P.C12H25Br.C12H27O3P.C6H15O3P/c2*1-4-7-8-9-10-11-12-13-14-15-16-20(17,18-5-2)19-6-3;1-2-3-4-5-6-7-8-9-10-11-12-13;1-2-3-4-5-6-7-8-9-10-11-12-16(13,14)15;1-4-7-10(8-5-2)9-6-3/h2*4-16H2,1-3H3;2-12H2,1H3;2-12H2,1H3,(H2,13,14,15);4-6H2,1-3H3. The van der Waals surface area contributed by atoms with Gasteiger partial charge in [0.2, 0.25) is 0 Å². The highest BCUT2D eigenvalue weighted by Crippen LogP contribution is 2.49. The SMILES string of the molecule is CCCCCCCCCCCCBr.CCCCCCCCCCCCP(=O)(O)O.CCCCCCCCCCCCP(=O)(OCC)OCC.CCCCCCCCCCCCP(=O)(OCC)OCC.CCOP(OCC)OCC. The lowest BCUT2D eigenvalue weighted by atomic mass is 10.1. The van der Waals surface area contributed by atoms with Gasteiger partial charge in [0, 0.05) is 11.5 Å². The Bertz CT molecular complexity index is 1140. The van der Waals surface area contributed by atoms with Crippen molar-refractivity contribution in [2.75, 3.05) is 70.1 Å². The molecular weight excluding hydrogens is 1140 g/mol. The van der Waals surface area contributed by atoms with Crippen molar-refractivity contribution in [3.05, 3.63) is 0 Å². The molecular formula is C62H137BrO12P4. The molecule has 484 valence electrons. The Kier molecular flexibility index (Phi) is 84.9. The molecule has 0 atom stereocenters. The van der Waals surface area contributed by atoms with Crippen LogP contribution in [0.4, 0.5) is 0 Å². The molecule has 0 rings (SSSR count). The fourth-order valence-electron chi connectivity index (χ4n) is 8.52. The summed E-state index contributed by atoms with van der Waals surface area (Å²) in [5.41, 5.74) is 0. The van der Waals surface area contributed by atoms with E-state index in [0.29, 0.717) is 65.0 Å². The summed E-state index contributed by atoms with van der Waals surface area (Å²) in [6.07, 6.45) is 53.1. The van der Waals surface area contributed by atoms with Crippen LogP contribution in [-0.4, -0.2) is 79.9 Å². The molecule has 2 N–H and O–H groups in total. The molecule has 0 aromatic carbocycles. The van der Waals surface area contributed by atoms with Gasteiger partial charge in [-0.15, -0.1) is 0 Å². The first kappa shape index (κ1) is 89.0. The van der Waals surface area contributed by atoms with E-state index in [-0.39, 0.29) is 6.16 Å². The molecule has 0 aromatic heterocycles. The van der Waals surface area contributed by atoms with E-state index in [1.165, 1.54) is 217 Å². The fraction of sp³-hybridized carbons (Fsp3) is 1.00.